The molecule has 17 heavy (non-hydrogen) atoms. The number of hydrogen-bond donors (Lipinski definition) is 1. The summed E-state index contributed by atoms with van der Waals surface area (Å²) >= 11 is 3.40. The molecular formula is C13H19BrN2O. The third kappa shape index (κ3) is 5.33. The third-order valence-electron chi connectivity index (χ3n) is 2.67. The zero-order valence-corrected chi connectivity index (χ0v) is 11.7. The molecule has 0 radical (unpaired) electrons. The van der Waals surface area contributed by atoms with E-state index in [1.54, 1.807) is 4.90 Å². The largest absolute Gasteiger partial charge is 0.345 e. The van der Waals surface area contributed by atoms with Crippen LogP contribution in [0.3, 0.4) is 0 Å². The van der Waals surface area contributed by atoms with Gasteiger partial charge in [0.15, 0.2) is 0 Å². The average molecular weight is 299 g/mol. The second kappa shape index (κ2) is 7.45. The molecule has 0 aliphatic carbocycles. The van der Waals surface area contributed by atoms with Gasteiger partial charge in [0.1, 0.15) is 0 Å². The van der Waals surface area contributed by atoms with E-state index in [9.17, 15) is 4.79 Å². The number of nitrogens with zero attached hydrogens (tertiary/aromatic N) is 1. The van der Waals surface area contributed by atoms with Gasteiger partial charge in [0.25, 0.3) is 0 Å². The standard InChI is InChI=1S/C13H19BrN2O/c1-16(13(17)3-2-9-15)10-8-11-4-6-12(14)7-5-11/h4-7H,2-3,8-10,15H2,1H3. The van der Waals surface area contributed by atoms with Gasteiger partial charge in [-0.2, -0.15) is 0 Å². The topological polar surface area (TPSA) is 46.3 Å². The highest BCUT2D eigenvalue weighted by atomic mass is 79.9. The summed E-state index contributed by atoms with van der Waals surface area (Å²) in [6, 6.07) is 8.18. The summed E-state index contributed by atoms with van der Waals surface area (Å²) in [7, 11) is 1.84. The molecule has 0 spiro atoms. The van der Waals surface area contributed by atoms with Crippen LogP contribution in [-0.2, 0) is 11.2 Å². The molecule has 1 aromatic carbocycles. The zero-order valence-electron chi connectivity index (χ0n) is 10.2. The first-order chi connectivity index (χ1) is 8.13. The minimum absolute atomic E-state index is 0.174. The Morgan fingerprint density at radius 1 is 1.35 bits per heavy atom. The van der Waals surface area contributed by atoms with Gasteiger partial charge in [-0.05, 0) is 37.1 Å². The van der Waals surface area contributed by atoms with Crippen LogP contribution < -0.4 is 5.73 Å². The second-order valence-electron chi connectivity index (χ2n) is 4.08. The normalized spacial score (nSPS) is 10.3. The molecule has 2 N–H and O–H groups in total. The maximum absolute atomic E-state index is 11.6. The van der Waals surface area contributed by atoms with Gasteiger partial charge in [0.05, 0.1) is 0 Å². The molecule has 0 aliphatic rings. The maximum atomic E-state index is 11.6. The van der Waals surface area contributed by atoms with Crippen LogP contribution in [0.1, 0.15) is 18.4 Å². The van der Waals surface area contributed by atoms with Crippen molar-refractivity contribution in [2.24, 2.45) is 5.73 Å². The predicted octanol–water partition coefficient (Wildman–Crippen LogP) is 2.19. The van der Waals surface area contributed by atoms with Crippen LogP contribution in [0.2, 0.25) is 0 Å². The number of nitrogens with two attached hydrogens (primary N) is 1. The molecule has 0 aromatic heterocycles. The molecule has 0 saturated carbocycles. The van der Waals surface area contributed by atoms with E-state index in [1.807, 2.05) is 19.2 Å². The Morgan fingerprint density at radius 2 is 2.00 bits per heavy atom. The number of carbonyl (C=O) groups is 1. The third-order valence-corrected chi connectivity index (χ3v) is 3.20. The van der Waals surface area contributed by atoms with Crippen LogP contribution in [0, 0.1) is 0 Å². The van der Waals surface area contributed by atoms with Gasteiger partial charge < -0.3 is 10.6 Å². The quantitative estimate of drug-likeness (QED) is 0.875. The van der Waals surface area contributed by atoms with Crippen molar-refractivity contribution in [2.45, 2.75) is 19.3 Å². The Morgan fingerprint density at radius 3 is 2.59 bits per heavy atom. The highest BCUT2D eigenvalue weighted by Gasteiger charge is 2.07. The lowest BCUT2D eigenvalue weighted by molar-refractivity contribution is -0.129. The van der Waals surface area contributed by atoms with E-state index < -0.39 is 0 Å². The van der Waals surface area contributed by atoms with Crippen molar-refractivity contribution >= 4 is 21.8 Å². The van der Waals surface area contributed by atoms with Crippen molar-refractivity contribution in [3.05, 3.63) is 34.3 Å². The van der Waals surface area contributed by atoms with Crippen LogP contribution in [-0.4, -0.2) is 30.9 Å². The number of carbonyl (C=O) groups excluding carboxylic acids is 1. The fourth-order valence-electron chi connectivity index (χ4n) is 1.52. The van der Waals surface area contributed by atoms with Crippen LogP contribution in [0.25, 0.3) is 0 Å². The van der Waals surface area contributed by atoms with Gasteiger partial charge in [0.2, 0.25) is 5.91 Å². The summed E-state index contributed by atoms with van der Waals surface area (Å²) < 4.78 is 1.08. The number of likely N-dealkylation sites (N-methyl/N-ethyl adjacent to an activating group) is 1. The van der Waals surface area contributed by atoms with E-state index in [0.29, 0.717) is 13.0 Å². The Hall–Kier alpha value is -0.870. The Labute approximate surface area is 111 Å². The Kier molecular flexibility index (Phi) is 6.22. The number of rotatable bonds is 6. The fourth-order valence-corrected chi connectivity index (χ4v) is 1.78. The van der Waals surface area contributed by atoms with Crippen LogP contribution in [0.5, 0.6) is 0 Å². The lowest BCUT2D eigenvalue weighted by Crippen LogP contribution is -2.29. The molecule has 94 valence electrons. The smallest absolute Gasteiger partial charge is 0.222 e. The molecule has 4 heteroatoms. The molecule has 0 bridgehead atoms. The maximum Gasteiger partial charge on any atom is 0.222 e. The highest BCUT2D eigenvalue weighted by molar-refractivity contribution is 9.10. The highest BCUT2D eigenvalue weighted by Crippen LogP contribution is 2.11. The first-order valence-corrected chi connectivity index (χ1v) is 6.61. The number of halogens is 1. The average Bonchev–Trinajstić information content (AvgIpc) is 2.34. The molecule has 1 amide bonds. The molecule has 0 atom stereocenters. The molecule has 0 fully saturated rings. The van der Waals surface area contributed by atoms with Crippen molar-refractivity contribution in [2.75, 3.05) is 20.1 Å². The first kappa shape index (κ1) is 14.2. The van der Waals surface area contributed by atoms with Crippen LogP contribution in [0.4, 0.5) is 0 Å². The van der Waals surface area contributed by atoms with E-state index in [1.165, 1.54) is 5.56 Å². The van der Waals surface area contributed by atoms with Gasteiger partial charge in [-0.25, -0.2) is 0 Å². The molecule has 0 saturated heterocycles. The van der Waals surface area contributed by atoms with E-state index in [0.717, 1.165) is 23.9 Å². The van der Waals surface area contributed by atoms with Gasteiger partial charge in [0, 0.05) is 24.5 Å². The van der Waals surface area contributed by atoms with Crippen LogP contribution in [0.15, 0.2) is 28.7 Å². The summed E-state index contributed by atoms with van der Waals surface area (Å²) in [6.45, 7) is 1.33. The van der Waals surface area contributed by atoms with Crippen molar-refractivity contribution in [3.63, 3.8) is 0 Å². The summed E-state index contributed by atoms with van der Waals surface area (Å²) in [5.74, 6) is 0.174. The van der Waals surface area contributed by atoms with E-state index in [2.05, 4.69) is 28.1 Å². The van der Waals surface area contributed by atoms with E-state index in [-0.39, 0.29) is 5.91 Å². The first-order valence-electron chi connectivity index (χ1n) is 5.82. The molecule has 1 aromatic rings. The van der Waals surface area contributed by atoms with Crippen LogP contribution >= 0.6 is 15.9 Å². The molecule has 3 nitrogen and oxygen atoms in total. The molecule has 1 rings (SSSR count). The van der Waals surface area contributed by atoms with E-state index in [4.69, 9.17) is 5.73 Å². The second-order valence-corrected chi connectivity index (χ2v) is 5.00. The van der Waals surface area contributed by atoms with Gasteiger partial charge in [-0.1, -0.05) is 28.1 Å². The lowest BCUT2D eigenvalue weighted by Gasteiger charge is -2.17. The zero-order chi connectivity index (χ0) is 12.7. The summed E-state index contributed by atoms with van der Waals surface area (Å²) in [5.41, 5.74) is 6.62. The van der Waals surface area contributed by atoms with Crippen molar-refractivity contribution in [1.29, 1.82) is 0 Å². The monoisotopic (exact) mass is 298 g/mol. The fraction of sp³-hybridized carbons (Fsp3) is 0.462. The van der Waals surface area contributed by atoms with Crippen molar-refractivity contribution < 1.29 is 4.79 Å². The Balaban J connectivity index is 2.34. The summed E-state index contributed by atoms with van der Waals surface area (Å²) in [4.78, 5) is 13.4. The molecule has 0 aliphatic heterocycles. The number of hydrogen-bond acceptors (Lipinski definition) is 2. The minimum Gasteiger partial charge on any atom is -0.345 e. The lowest BCUT2D eigenvalue weighted by atomic mass is 10.1. The van der Waals surface area contributed by atoms with E-state index >= 15 is 0 Å². The SMILES string of the molecule is CN(CCc1ccc(Br)cc1)C(=O)CCCN. The molecule has 0 unspecified atom stereocenters. The van der Waals surface area contributed by atoms with Crippen molar-refractivity contribution in [3.8, 4) is 0 Å². The Bertz CT molecular complexity index is 351. The number of amides is 1. The van der Waals surface area contributed by atoms with Gasteiger partial charge in [-0.3, -0.25) is 4.79 Å². The molecular weight excluding hydrogens is 280 g/mol. The summed E-state index contributed by atoms with van der Waals surface area (Å²) in [6.07, 6.45) is 2.20. The summed E-state index contributed by atoms with van der Waals surface area (Å²) in [5, 5.41) is 0. The minimum atomic E-state index is 0.174. The van der Waals surface area contributed by atoms with Gasteiger partial charge >= 0.3 is 0 Å². The van der Waals surface area contributed by atoms with Gasteiger partial charge in [-0.15, -0.1) is 0 Å². The number of benzene rings is 1. The predicted molar refractivity (Wildman–Crippen MR) is 73.8 cm³/mol. The molecule has 0 heterocycles. The van der Waals surface area contributed by atoms with Crippen molar-refractivity contribution in [1.82, 2.24) is 4.90 Å².